The molecule has 0 aliphatic carbocycles. The van der Waals surface area contributed by atoms with Crippen molar-refractivity contribution in [2.75, 3.05) is 31.1 Å². The van der Waals surface area contributed by atoms with Gasteiger partial charge in [0.15, 0.2) is 11.5 Å². The highest BCUT2D eigenvalue weighted by molar-refractivity contribution is 5.95. The first-order chi connectivity index (χ1) is 13.6. The maximum Gasteiger partial charge on any atom is 0.253 e. The van der Waals surface area contributed by atoms with Crippen LogP contribution in [-0.4, -0.2) is 62.6 Å². The first kappa shape index (κ1) is 18.4. The molecule has 4 rings (SSSR count). The van der Waals surface area contributed by atoms with Gasteiger partial charge in [-0.05, 0) is 32.4 Å². The number of rotatable bonds is 5. The van der Waals surface area contributed by atoms with Crippen LogP contribution in [0.4, 0.5) is 5.82 Å². The largest absolute Gasteiger partial charge is 0.391 e. The third kappa shape index (κ3) is 3.22. The monoisotopic (exact) mass is 379 g/mol. The minimum Gasteiger partial charge on any atom is -0.391 e. The van der Waals surface area contributed by atoms with E-state index in [-0.39, 0.29) is 12.0 Å². The number of aliphatic hydroxyl groups is 1. The number of carbonyl (C=O) groups is 1. The van der Waals surface area contributed by atoms with E-state index in [4.69, 9.17) is 0 Å². The molecule has 0 saturated carbocycles. The fourth-order valence-electron chi connectivity index (χ4n) is 3.78. The Labute approximate surface area is 164 Å². The summed E-state index contributed by atoms with van der Waals surface area (Å²) in [4.78, 5) is 25.7. The van der Waals surface area contributed by atoms with Gasteiger partial charge in [0.25, 0.3) is 5.91 Å². The molecule has 1 atom stereocenters. The van der Waals surface area contributed by atoms with E-state index in [9.17, 15) is 9.90 Å². The van der Waals surface area contributed by atoms with Gasteiger partial charge in [0.05, 0.1) is 18.0 Å². The molecule has 28 heavy (non-hydrogen) atoms. The van der Waals surface area contributed by atoms with Gasteiger partial charge in [-0.2, -0.15) is 0 Å². The molecule has 1 amide bonds. The summed E-state index contributed by atoms with van der Waals surface area (Å²) in [5, 5.41) is 9.85. The summed E-state index contributed by atoms with van der Waals surface area (Å²) in [6.45, 7) is 6.68. The van der Waals surface area contributed by atoms with Crippen LogP contribution in [0.1, 0.15) is 30.6 Å². The molecule has 2 aromatic heterocycles. The Kier molecular flexibility index (Phi) is 5.00. The summed E-state index contributed by atoms with van der Waals surface area (Å²) in [5.41, 5.74) is 3.27. The van der Waals surface area contributed by atoms with Gasteiger partial charge >= 0.3 is 0 Å². The summed E-state index contributed by atoms with van der Waals surface area (Å²) < 4.78 is 1.99. The Morgan fingerprint density at radius 1 is 1.29 bits per heavy atom. The van der Waals surface area contributed by atoms with Gasteiger partial charge in [0.1, 0.15) is 0 Å². The molecule has 0 radical (unpaired) electrons. The number of nitrogens with zero attached hydrogens (tertiary/aromatic N) is 5. The molecule has 1 saturated heterocycles. The van der Waals surface area contributed by atoms with Crippen molar-refractivity contribution >= 4 is 17.4 Å². The maximum atomic E-state index is 12.7. The van der Waals surface area contributed by atoms with E-state index in [1.807, 2.05) is 59.8 Å². The summed E-state index contributed by atoms with van der Waals surface area (Å²) in [6.07, 6.45) is 5.87. The van der Waals surface area contributed by atoms with Crippen molar-refractivity contribution in [1.82, 2.24) is 19.3 Å². The number of imidazole rings is 1. The number of aromatic nitrogens is 3. The molecule has 0 spiro atoms. The Hall–Kier alpha value is -2.93. The highest BCUT2D eigenvalue weighted by Crippen LogP contribution is 2.27. The summed E-state index contributed by atoms with van der Waals surface area (Å²) in [6, 6.07) is 7.67. The molecule has 1 aliphatic rings. The number of anilines is 1. The van der Waals surface area contributed by atoms with Crippen LogP contribution in [0.15, 0.2) is 42.9 Å². The predicted octanol–water partition coefficient (Wildman–Crippen LogP) is 2.45. The number of β-amino-alcohol motifs (C(OH)–C–C–N with tert-alkyl or cyclic N) is 1. The average Bonchev–Trinajstić information content (AvgIpc) is 3.35. The minimum atomic E-state index is -0.320. The van der Waals surface area contributed by atoms with Gasteiger partial charge in [-0.15, -0.1) is 0 Å². The number of hydrogen-bond donors (Lipinski definition) is 1. The lowest BCUT2D eigenvalue weighted by molar-refractivity contribution is 0.0773. The average molecular weight is 379 g/mol. The van der Waals surface area contributed by atoms with Gasteiger partial charge in [-0.1, -0.05) is 12.1 Å². The van der Waals surface area contributed by atoms with Gasteiger partial charge < -0.3 is 14.9 Å². The molecule has 7 nitrogen and oxygen atoms in total. The van der Waals surface area contributed by atoms with E-state index in [1.165, 1.54) is 0 Å². The van der Waals surface area contributed by atoms with Crippen LogP contribution in [0.25, 0.3) is 16.9 Å². The van der Waals surface area contributed by atoms with E-state index < -0.39 is 0 Å². The number of carbonyl (C=O) groups excluding carboxylic acids is 1. The van der Waals surface area contributed by atoms with Crippen molar-refractivity contribution in [1.29, 1.82) is 0 Å². The number of aliphatic hydroxyl groups excluding tert-OH is 1. The zero-order valence-corrected chi connectivity index (χ0v) is 16.2. The lowest BCUT2D eigenvalue weighted by Gasteiger charge is -2.19. The van der Waals surface area contributed by atoms with Crippen molar-refractivity contribution < 1.29 is 9.90 Å². The first-order valence-electron chi connectivity index (χ1n) is 9.77. The quantitative estimate of drug-likeness (QED) is 0.737. The number of amides is 1. The topological polar surface area (TPSA) is 74.0 Å². The van der Waals surface area contributed by atoms with Crippen LogP contribution >= 0.6 is 0 Å². The van der Waals surface area contributed by atoms with Crippen LogP contribution in [0.2, 0.25) is 0 Å². The van der Waals surface area contributed by atoms with Crippen LogP contribution in [0.3, 0.4) is 0 Å². The standard InChI is InChI=1S/C21H25N5O2/c1-3-24(4-2)21(28)16-7-5-6-15(12-16)18-13-23-20-19(22-9-11-26(18)20)25-10-8-17(27)14-25/h5-7,9,11-13,17,27H,3-4,8,10,14H2,1-2H3. The number of hydrogen-bond acceptors (Lipinski definition) is 5. The van der Waals surface area contributed by atoms with E-state index in [0.717, 1.165) is 35.7 Å². The molecule has 3 heterocycles. The second-order valence-electron chi connectivity index (χ2n) is 7.03. The lowest BCUT2D eigenvalue weighted by atomic mass is 10.1. The predicted molar refractivity (Wildman–Crippen MR) is 109 cm³/mol. The molecule has 1 aromatic carbocycles. The smallest absolute Gasteiger partial charge is 0.253 e. The van der Waals surface area contributed by atoms with Gasteiger partial charge in [-0.3, -0.25) is 9.20 Å². The highest BCUT2D eigenvalue weighted by atomic mass is 16.3. The van der Waals surface area contributed by atoms with Crippen molar-refractivity contribution in [3.8, 4) is 11.3 Å². The molecular weight excluding hydrogens is 354 g/mol. The Bertz CT molecular complexity index is 995. The summed E-state index contributed by atoms with van der Waals surface area (Å²) in [5.74, 6) is 0.815. The van der Waals surface area contributed by atoms with Crippen molar-refractivity contribution in [2.45, 2.75) is 26.4 Å². The highest BCUT2D eigenvalue weighted by Gasteiger charge is 2.24. The van der Waals surface area contributed by atoms with E-state index in [0.29, 0.717) is 25.2 Å². The summed E-state index contributed by atoms with van der Waals surface area (Å²) >= 11 is 0. The van der Waals surface area contributed by atoms with Crippen molar-refractivity contribution in [3.63, 3.8) is 0 Å². The SMILES string of the molecule is CCN(CC)C(=O)c1cccc(-c2cnc3c(N4CCC(O)C4)nccn23)c1. The first-order valence-corrected chi connectivity index (χ1v) is 9.77. The number of fused-ring (bicyclic) bond motifs is 1. The molecule has 3 aromatic rings. The van der Waals surface area contributed by atoms with Crippen molar-refractivity contribution in [3.05, 3.63) is 48.4 Å². The molecule has 1 fully saturated rings. The molecular formula is C21H25N5O2. The molecule has 0 bridgehead atoms. The Balaban J connectivity index is 1.72. The lowest BCUT2D eigenvalue weighted by Crippen LogP contribution is -2.30. The molecule has 1 N–H and O–H groups in total. The molecule has 146 valence electrons. The van der Waals surface area contributed by atoms with Gasteiger partial charge in [-0.25, -0.2) is 9.97 Å². The van der Waals surface area contributed by atoms with Gasteiger partial charge in [0.2, 0.25) is 0 Å². The maximum absolute atomic E-state index is 12.7. The number of benzene rings is 1. The fraction of sp³-hybridized carbons (Fsp3) is 0.381. The second-order valence-corrected chi connectivity index (χ2v) is 7.03. The Morgan fingerprint density at radius 3 is 2.82 bits per heavy atom. The van der Waals surface area contributed by atoms with E-state index >= 15 is 0 Å². The van der Waals surface area contributed by atoms with Crippen LogP contribution in [0, 0.1) is 0 Å². The van der Waals surface area contributed by atoms with Crippen LogP contribution in [-0.2, 0) is 0 Å². The molecule has 1 aliphatic heterocycles. The third-order valence-corrected chi connectivity index (χ3v) is 5.33. The second kappa shape index (κ2) is 7.59. The minimum absolute atomic E-state index is 0.0362. The molecule has 7 heteroatoms. The Morgan fingerprint density at radius 2 is 2.11 bits per heavy atom. The van der Waals surface area contributed by atoms with Gasteiger partial charge in [0, 0.05) is 49.7 Å². The summed E-state index contributed by atoms with van der Waals surface area (Å²) in [7, 11) is 0. The molecule has 1 unspecified atom stereocenters. The van der Waals surface area contributed by atoms with Crippen LogP contribution in [0.5, 0.6) is 0 Å². The van der Waals surface area contributed by atoms with E-state index in [2.05, 4.69) is 14.9 Å². The van der Waals surface area contributed by atoms with Crippen LogP contribution < -0.4 is 4.90 Å². The zero-order valence-electron chi connectivity index (χ0n) is 16.2. The fourth-order valence-corrected chi connectivity index (χ4v) is 3.78. The third-order valence-electron chi connectivity index (χ3n) is 5.33. The zero-order chi connectivity index (χ0) is 19.7. The van der Waals surface area contributed by atoms with E-state index in [1.54, 1.807) is 6.20 Å². The van der Waals surface area contributed by atoms with Crippen molar-refractivity contribution in [2.24, 2.45) is 0 Å². The normalized spacial score (nSPS) is 16.7.